The molecule has 0 radical (unpaired) electrons. The molecule has 352 valence electrons. The van der Waals surface area contributed by atoms with E-state index >= 15 is 4.39 Å². The molecule has 0 aliphatic carbocycles. The number of unbranched alkanes of at least 4 members (excludes halogenated alkanes) is 2. The normalized spacial score (nSPS) is 15.7. The Morgan fingerprint density at radius 1 is 0.892 bits per heavy atom. The third-order valence-corrected chi connectivity index (χ3v) is 12.3. The highest BCUT2D eigenvalue weighted by Crippen LogP contribution is 2.42. The smallest absolute Gasteiger partial charge is 0.410 e. The summed E-state index contributed by atoms with van der Waals surface area (Å²) in [6.07, 6.45) is 8.06. The summed E-state index contributed by atoms with van der Waals surface area (Å²) in [5.41, 5.74) is 1.13. The van der Waals surface area contributed by atoms with E-state index in [1.165, 1.54) is 34.9 Å². The lowest BCUT2D eigenvalue weighted by molar-refractivity contribution is -0.137. The minimum atomic E-state index is -0.660. The van der Waals surface area contributed by atoms with E-state index in [-0.39, 0.29) is 53.1 Å². The van der Waals surface area contributed by atoms with Crippen LogP contribution in [0.4, 0.5) is 13.6 Å². The fraction of sp³-hybridized carbons (Fsp3) is 0.520. The van der Waals surface area contributed by atoms with Crippen LogP contribution in [0.2, 0.25) is 0 Å². The van der Waals surface area contributed by atoms with Gasteiger partial charge < -0.3 is 24.4 Å². The maximum atomic E-state index is 15.3. The van der Waals surface area contributed by atoms with Gasteiger partial charge in [0.15, 0.2) is 0 Å². The van der Waals surface area contributed by atoms with Crippen molar-refractivity contribution in [2.45, 2.75) is 111 Å². The summed E-state index contributed by atoms with van der Waals surface area (Å²) in [5, 5.41) is 2.88. The Morgan fingerprint density at radius 3 is 2.29 bits per heavy atom. The highest BCUT2D eigenvalue weighted by atomic mass is 32.2. The summed E-state index contributed by atoms with van der Waals surface area (Å²) in [5.74, 6) is -1.54. The van der Waals surface area contributed by atoms with Gasteiger partial charge >= 0.3 is 6.09 Å². The van der Waals surface area contributed by atoms with E-state index < -0.39 is 34.8 Å². The predicted octanol–water partition coefficient (Wildman–Crippen LogP) is 8.73. The molecule has 2 aliphatic rings. The second-order valence-corrected chi connectivity index (χ2v) is 20.2. The van der Waals surface area contributed by atoms with Gasteiger partial charge in [0.25, 0.3) is 11.8 Å². The molecule has 2 aliphatic heterocycles. The van der Waals surface area contributed by atoms with Crippen LogP contribution in [0.15, 0.2) is 72.9 Å². The number of carbonyl (C=O) groups excluding carboxylic acids is 6. The van der Waals surface area contributed by atoms with Crippen molar-refractivity contribution >= 4 is 47.3 Å². The number of likely N-dealkylation sites (tertiary alicyclic amines) is 1. The summed E-state index contributed by atoms with van der Waals surface area (Å²) in [6, 6.07) is 14.5. The molecule has 5 rings (SSSR count). The molecule has 3 heterocycles. The first kappa shape index (κ1) is 50.7. The van der Waals surface area contributed by atoms with Crippen LogP contribution in [-0.2, 0) is 35.3 Å². The number of ketones is 1. The average Bonchev–Trinajstić information content (AvgIpc) is 3.96. The number of nitrogens with one attached hydrogen (secondary N) is 1. The van der Waals surface area contributed by atoms with Gasteiger partial charge in [-0.1, -0.05) is 57.5 Å². The average molecular weight is 918 g/mol. The van der Waals surface area contributed by atoms with Crippen molar-refractivity contribution in [3.8, 4) is 11.1 Å². The lowest BCUT2D eigenvalue weighted by Gasteiger charge is -2.42. The number of aromatic nitrogens is 1. The number of nitrogens with zero attached hydrogens (tertiary/aromatic N) is 4. The molecule has 0 saturated carbocycles. The maximum absolute atomic E-state index is 15.3. The molecule has 0 spiro atoms. The van der Waals surface area contributed by atoms with Gasteiger partial charge in [-0.2, -0.15) is 11.8 Å². The number of thioether (sulfide) groups is 1. The quantitative estimate of drug-likeness (QED) is 0.0781. The number of imide groups is 1. The number of hydrogen-bond donors (Lipinski definition) is 1. The van der Waals surface area contributed by atoms with Gasteiger partial charge in [0, 0.05) is 99.5 Å². The highest BCUT2D eigenvalue weighted by molar-refractivity contribution is 7.99. The number of benzene rings is 2. The first-order valence-electron chi connectivity index (χ1n) is 22.7. The van der Waals surface area contributed by atoms with Gasteiger partial charge in [-0.25, -0.2) is 13.6 Å². The van der Waals surface area contributed by atoms with Crippen molar-refractivity contribution in [1.82, 2.24) is 24.6 Å². The SMILES string of the molecule is CC(C)(C)OC(=O)N1CCC(CN(C(=O)CSCCC(=O)NCCCC(=O)CCCCCN2C(=O)C=CC2=O)[C@@H](c2cc(-c3cc(F)ccc3F)cn2Cc2ccccc2)C(C)(C)C)C1. The number of Topliss-reactive ketones (excluding diaryl/α,β-unsaturated/α-hetero) is 1. The second kappa shape index (κ2) is 23.2. The zero-order chi connectivity index (χ0) is 47.3. The molecule has 65 heavy (non-hydrogen) atoms. The van der Waals surface area contributed by atoms with E-state index in [2.05, 4.69) is 26.1 Å². The molecule has 2 atom stereocenters. The van der Waals surface area contributed by atoms with Gasteiger partial charge in [0.2, 0.25) is 11.8 Å². The fourth-order valence-corrected chi connectivity index (χ4v) is 9.08. The van der Waals surface area contributed by atoms with E-state index in [0.29, 0.717) is 89.1 Å². The Kier molecular flexibility index (Phi) is 18.1. The first-order chi connectivity index (χ1) is 30.8. The standard InChI is InChI=1S/C50H65F2N5O7S/c1-49(2,3)47(42-28-37(40-29-38(51)18-19-41(40)52)33-55(42)30-35-14-9-7-10-15-35)57(32-36-22-26-54(31-36)48(63)64-50(4,5)6)46(62)34-65-27-23-43(59)53-24-13-17-39(58)16-11-8-12-25-56-44(60)20-21-45(56)61/h7,9-10,14-15,18-21,28-29,33,36,47H,8,11-13,16-17,22-27,30-32,34H2,1-6H3,(H,53,59)/t36?,47-/m0/s1. The lowest BCUT2D eigenvalue weighted by Crippen LogP contribution is -2.46. The molecule has 3 aromatic rings. The van der Waals surface area contributed by atoms with Gasteiger partial charge in [-0.05, 0) is 87.6 Å². The summed E-state index contributed by atoms with van der Waals surface area (Å²) < 4.78 is 37.6. The summed E-state index contributed by atoms with van der Waals surface area (Å²) in [4.78, 5) is 81.1. The molecular weight excluding hydrogens is 853 g/mol. The van der Waals surface area contributed by atoms with Crippen LogP contribution in [0.25, 0.3) is 11.1 Å². The number of ether oxygens (including phenoxy) is 1. The Hall–Kier alpha value is -5.31. The van der Waals surface area contributed by atoms with Crippen molar-refractivity contribution in [3.63, 3.8) is 0 Å². The molecule has 1 aromatic heterocycles. The molecule has 1 unspecified atom stereocenters. The summed E-state index contributed by atoms with van der Waals surface area (Å²) in [6.45, 7) is 14.0. The van der Waals surface area contributed by atoms with Crippen molar-refractivity contribution < 1.29 is 42.3 Å². The maximum Gasteiger partial charge on any atom is 0.410 e. The number of rotatable bonds is 22. The third kappa shape index (κ3) is 15.4. The molecule has 2 aromatic carbocycles. The van der Waals surface area contributed by atoms with Crippen LogP contribution >= 0.6 is 11.8 Å². The van der Waals surface area contributed by atoms with Crippen molar-refractivity contribution in [3.05, 3.63) is 95.8 Å². The number of halogens is 2. The molecule has 5 amide bonds. The van der Waals surface area contributed by atoms with Crippen LogP contribution in [0.5, 0.6) is 0 Å². The van der Waals surface area contributed by atoms with Gasteiger partial charge in [-0.3, -0.25) is 28.9 Å². The van der Waals surface area contributed by atoms with Crippen molar-refractivity contribution in [2.24, 2.45) is 11.3 Å². The zero-order valence-corrected chi connectivity index (χ0v) is 39.5. The highest BCUT2D eigenvalue weighted by Gasteiger charge is 2.40. The van der Waals surface area contributed by atoms with E-state index in [1.54, 1.807) is 4.90 Å². The van der Waals surface area contributed by atoms with Crippen LogP contribution in [0, 0.1) is 23.0 Å². The van der Waals surface area contributed by atoms with E-state index in [0.717, 1.165) is 29.8 Å². The first-order valence-corrected chi connectivity index (χ1v) is 23.8. The largest absolute Gasteiger partial charge is 0.444 e. The molecule has 0 bridgehead atoms. The summed E-state index contributed by atoms with van der Waals surface area (Å²) >= 11 is 1.36. The van der Waals surface area contributed by atoms with Crippen molar-refractivity contribution in [1.29, 1.82) is 0 Å². The Labute approximate surface area is 386 Å². The van der Waals surface area contributed by atoms with E-state index in [9.17, 15) is 33.2 Å². The molecular formula is C50H65F2N5O7S. The minimum absolute atomic E-state index is 0.0620. The molecule has 15 heteroatoms. The van der Waals surface area contributed by atoms with Crippen molar-refractivity contribution in [2.75, 3.05) is 44.2 Å². The molecule has 12 nitrogen and oxygen atoms in total. The minimum Gasteiger partial charge on any atom is -0.444 e. The Bertz CT molecular complexity index is 2160. The van der Waals surface area contributed by atoms with Gasteiger partial charge in [0.05, 0.1) is 11.8 Å². The van der Waals surface area contributed by atoms with Crippen LogP contribution < -0.4 is 5.32 Å². The molecule has 1 fully saturated rings. The van der Waals surface area contributed by atoms with Gasteiger partial charge in [0.1, 0.15) is 23.0 Å². The zero-order valence-electron chi connectivity index (χ0n) is 38.7. The molecule has 1 saturated heterocycles. The van der Waals surface area contributed by atoms with Gasteiger partial charge in [-0.15, -0.1) is 0 Å². The van der Waals surface area contributed by atoms with E-state index in [1.807, 2.05) is 72.8 Å². The Morgan fingerprint density at radius 2 is 1.60 bits per heavy atom. The second-order valence-electron chi connectivity index (χ2n) is 19.1. The Balaban J connectivity index is 1.23. The number of carbonyl (C=O) groups is 6. The topological polar surface area (TPSA) is 138 Å². The van der Waals surface area contributed by atoms with E-state index in [4.69, 9.17) is 4.74 Å². The molecule has 1 N–H and O–H groups in total. The summed E-state index contributed by atoms with van der Waals surface area (Å²) in [7, 11) is 0. The monoisotopic (exact) mass is 917 g/mol. The van der Waals surface area contributed by atoms with Crippen LogP contribution in [0.1, 0.15) is 110 Å². The van der Waals surface area contributed by atoms with Crippen LogP contribution in [0.3, 0.4) is 0 Å². The van der Waals surface area contributed by atoms with Crippen LogP contribution in [-0.4, -0.2) is 105 Å². The predicted molar refractivity (Wildman–Crippen MR) is 249 cm³/mol. The lowest BCUT2D eigenvalue weighted by atomic mass is 9.82. The number of amides is 5. The third-order valence-electron chi connectivity index (χ3n) is 11.4. The number of hydrogen-bond acceptors (Lipinski definition) is 8. The fourth-order valence-electron chi connectivity index (χ4n) is 8.27.